The van der Waals surface area contributed by atoms with Crippen LogP contribution < -0.4 is 5.32 Å². The van der Waals surface area contributed by atoms with Crippen LogP contribution >= 0.6 is 0 Å². The lowest BCUT2D eigenvalue weighted by Crippen LogP contribution is -2.34. The highest BCUT2D eigenvalue weighted by Gasteiger charge is 2.09. The maximum absolute atomic E-state index is 9.15. The molecule has 2 nitrogen and oxygen atoms in total. The Morgan fingerprint density at radius 1 is 1.67 bits per heavy atom. The van der Waals surface area contributed by atoms with Gasteiger partial charge in [0.1, 0.15) is 0 Å². The molecule has 0 bridgehead atoms. The summed E-state index contributed by atoms with van der Waals surface area (Å²) in [5.41, 5.74) is -0.608. The summed E-state index contributed by atoms with van der Waals surface area (Å²) in [5.74, 6) is 0. The Hall–Kier alpha value is -0.340. The minimum Gasteiger partial charge on any atom is -0.389 e. The van der Waals surface area contributed by atoms with Crippen LogP contribution in [0.2, 0.25) is 0 Å². The SMILES string of the molecule is C=CCNCC(C)(C)O. The molecule has 0 aliphatic carbocycles. The fraction of sp³-hybridized carbons (Fsp3) is 0.714. The molecular weight excluding hydrogens is 114 g/mol. The maximum Gasteiger partial charge on any atom is 0.0715 e. The van der Waals surface area contributed by atoms with E-state index in [4.69, 9.17) is 5.11 Å². The van der Waals surface area contributed by atoms with Gasteiger partial charge in [-0.1, -0.05) is 6.08 Å². The van der Waals surface area contributed by atoms with E-state index < -0.39 is 5.60 Å². The molecule has 9 heavy (non-hydrogen) atoms. The van der Waals surface area contributed by atoms with Crippen molar-refractivity contribution in [2.45, 2.75) is 19.4 Å². The van der Waals surface area contributed by atoms with Gasteiger partial charge in [-0.3, -0.25) is 0 Å². The highest BCUT2D eigenvalue weighted by molar-refractivity contribution is 4.74. The Kier molecular flexibility index (Phi) is 3.50. The van der Waals surface area contributed by atoms with E-state index in [1.165, 1.54) is 0 Å². The van der Waals surface area contributed by atoms with Gasteiger partial charge in [0.25, 0.3) is 0 Å². The van der Waals surface area contributed by atoms with Gasteiger partial charge in [-0.15, -0.1) is 6.58 Å². The van der Waals surface area contributed by atoms with Gasteiger partial charge in [-0.2, -0.15) is 0 Å². The third-order valence-corrected chi connectivity index (χ3v) is 0.846. The van der Waals surface area contributed by atoms with Crippen LogP contribution in [-0.2, 0) is 0 Å². The lowest BCUT2D eigenvalue weighted by Gasteiger charge is -2.16. The van der Waals surface area contributed by atoms with Gasteiger partial charge in [-0.05, 0) is 13.8 Å². The van der Waals surface area contributed by atoms with Crippen molar-refractivity contribution in [1.29, 1.82) is 0 Å². The quantitative estimate of drug-likeness (QED) is 0.429. The topological polar surface area (TPSA) is 32.3 Å². The van der Waals surface area contributed by atoms with E-state index in [0.29, 0.717) is 6.54 Å². The summed E-state index contributed by atoms with van der Waals surface area (Å²) in [6, 6.07) is 0. The van der Waals surface area contributed by atoms with Crippen LogP contribution in [0.1, 0.15) is 13.8 Å². The van der Waals surface area contributed by atoms with Crippen LogP contribution in [0.3, 0.4) is 0 Å². The third-order valence-electron chi connectivity index (χ3n) is 0.846. The van der Waals surface area contributed by atoms with Crippen molar-refractivity contribution in [3.63, 3.8) is 0 Å². The predicted molar refractivity (Wildman–Crippen MR) is 39.4 cm³/mol. The molecule has 0 aliphatic rings. The van der Waals surface area contributed by atoms with E-state index in [1.54, 1.807) is 19.9 Å². The highest BCUT2D eigenvalue weighted by atomic mass is 16.3. The second kappa shape index (κ2) is 3.64. The zero-order valence-electron chi connectivity index (χ0n) is 6.15. The minimum atomic E-state index is -0.608. The van der Waals surface area contributed by atoms with Crippen LogP contribution in [0.25, 0.3) is 0 Å². The second-order valence-corrected chi connectivity index (χ2v) is 2.73. The summed E-state index contributed by atoms with van der Waals surface area (Å²) in [7, 11) is 0. The van der Waals surface area contributed by atoms with Gasteiger partial charge in [0, 0.05) is 13.1 Å². The summed E-state index contributed by atoms with van der Waals surface area (Å²) < 4.78 is 0. The summed E-state index contributed by atoms with van der Waals surface area (Å²) >= 11 is 0. The first-order chi connectivity index (χ1) is 4.06. The molecule has 0 aliphatic heterocycles. The molecule has 54 valence electrons. The molecular formula is C7H15NO. The molecule has 0 unspecified atom stereocenters. The van der Waals surface area contributed by atoms with Crippen molar-refractivity contribution < 1.29 is 5.11 Å². The van der Waals surface area contributed by atoms with Crippen molar-refractivity contribution in [2.75, 3.05) is 13.1 Å². The van der Waals surface area contributed by atoms with Crippen LogP contribution in [0, 0.1) is 0 Å². The van der Waals surface area contributed by atoms with Gasteiger partial charge in [0.05, 0.1) is 5.60 Å². The summed E-state index contributed by atoms with van der Waals surface area (Å²) in [6.07, 6.45) is 1.77. The van der Waals surface area contributed by atoms with E-state index in [1.807, 2.05) is 0 Å². The van der Waals surface area contributed by atoms with Gasteiger partial charge in [0.15, 0.2) is 0 Å². The molecule has 0 amide bonds. The number of hydrogen-bond acceptors (Lipinski definition) is 2. The van der Waals surface area contributed by atoms with Gasteiger partial charge in [0.2, 0.25) is 0 Å². The Morgan fingerprint density at radius 2 is 2.22 bits per heavy atom. The van der Waals surface area contributed by atoms with Crippen molar-refractivity contribution in [3.8, 4) is 0 Å². The average Bonchev–Trinajstić information content (AvgIpc) is 1.63. The van der Waals surface area contributed by atoms with E-state index in [9.17, 15) is 0 Å². The largest absolute Gasteiger partial charge is 0.389 e. The van der Waals surface area contributed by atoms with E-state index in [2.05, 4.69) is 11.9 Å². The normalized spacial score (nSPS) is 11.4. The maximum atomic E-state index is 9.15. The Balaban J connectivity index is 3.17. The Labute approximate surface area is 56.6 Å². The summed E-state index contributed by atoms with van der Waals surface area (Å²) in [6.45, 7) is 8.43. The molecule has 0 atom stereocenters. The molecule has 0 aromatic rings. The minimum absolute atomic E-state index is 0.608. The fourth-order valence-electron chi connectivity index (χ4n) is 0.480. The molecule has 0 saturated heterocycles. The van der Waals surface area contributed by atoms with Crippen molar-refractivity contribution >= 4 is 0 Å². The molecule has 0 fully saturated rings. The predicted octanol–water partition coefficient (Wildman–Crippen LogP) is 0.533. The molecule has 2 heteroatoms. The number of hydrogen-bond donors (Lipinski definition) is 2. The standard InChI is InChI=1S/C7H15NO/c1-4-5-8-6-7(2,3)9/h4,8-9H,1,5-6H2,2-3H3. The first-order valence-corrected chi connectivity index (χ1v) is 3.10. The van der Waals surface area contributed by atoms with Crippen LogP contribution in [0.4, 0.5) is 0 Å². The van der Waals surface area contributed by atoms with E-state index in [-0.39, 0.29) is 0 Å². The molecule has 0 aromatic heterocycles. The monoisotopic (exact) mass is 129 g/mol. The van der Waals surface area contributed by atoms with Crippen LogP contribution in [0.15, 0.2) is 12.7 Å². The van der Waals surface area contributed by atoms with E-state index >= 15 is 0 Å². The molecule has 2 N–H and O–H groups in total. The third kappa shape index (κ3) is 7.66. The molecule has 0 radical (unpaired) electrons. The van der Waals surface area contributed by atoms with Crippen LogP contribution in [-0.4, -0.2) is 23.8 Å². The zero-order valence-corrected chi connectivity index (χ0v) is 6.15. The number of aliphatic hydroxyl groups is 1. The lowest BCUT2D eigenvalue weighted by molar-refractivity contribution is 0.0810. The number of rotatable bonds is 4. The average molecular weight is 129 g/mol. The lowest BCUT2D eigenvalue weighted by atomic mass is 10.1. The van der Waals surface area contributed by atoms with Crippen molar-refractivity contribution in [1.82, 2.24) is 5.32 Å². The first-order valence-electron chi connectivity index (χ1n) is 3.10. The van der Waals surface area contributed by atoms with Gasteiger partial charge in [-0.25, -0.2) is 0 Å². The zero-order chi connectivity index (χ0) is 7.33. The van der Waals surface area contributed by atoms with Crippen LogP contribution in [0.5, 0.6) is 0 Å². The second-order valence-electron chi connectivity index (χ2n) is 2.73. The molecule has 0 spiro atoms. The fourth-order valence-corrected chi connectivity index (χ4v) is 0.480. The summed E-state index contributed by atoms with van der Waals surface area (Å²) in [4.78, 5) is 0. The smallest absolute Gasteiger partial charge is 0.0715 e. The molecule has 0 aromatic carbocycles. The summed E-state index contributed by atoms with van der Waals surface area (Å²) in [5, 5.41) is 12.2. The Bertz CT molecular complexity index is 83.4. The first kappa shape index (κ1) is 8.66. The Morgan fingerprint density at radius 3 is 2.56 bits per heavy atom. The molecule has 0 rings (SSSR count). The van der Waals surface area contributed by atoms with Gasteiger partial charge >= 0.3 is 0 Å². The highest BCUT2D eigenvalue weighted by Crippen LogP contribution is 1.96. The molecule has 0 heterocycles. The van der Waals surface area contributed by atoms with Crippen molar-refractivity contribution in [3.05, 3.63) is 12.7 Å². The molecule has 0 saturated carbocycles. The van der Waals surface area contributed by atoms with Gasteiger partial charge < -0.3 is 10.4 Å². The van der Waals surface area contributed by atoms with E-state index in [0.717, 1.165) is 6.54 Å². The number of nitrogens with one attached hydrogen (secondary N) is 1. The van der Waals surface area contributed by atoms with Crippen molar-refractivity contribution in [2.24, 2.45) is 0 Å².